The van der Waals surface area contributed by atoms with Gasteiger partial charge < -0.3 is 0 Å². The molecule has 0 heterocycles. The first-order valence-corrected chi connectivity index (χ1v) is 12.2. The summed E-state index contributed by atoms with van der Waals surface area (Å²) in [5.41, 5.74) is 0. The van der Waals surface area contributed by atoms with Crippen LogP contribution in [0.15, 0.2) is 0 Å². The summed E-state index contributed by atoms with van der Waals surface area (Å²) in [5.74, 6) is 0. The molecule has 0 bridgehead atoms. The quantitative estimate of drug-likeness (QED) is 0.492. The van der Waals surface area contributed by atoms with Crippen LogP contribution >= 0.6 is 0 Å². The van der Waals surface area contributed by atoms with Gasteiger partial charge in [-0.25, -0.2) is 0 Å². The minimum absolute atomic E-state index is 0. The van der Waals surface area contributed by atoms with E-state index in [1.165, 1.54) is 38.5 Å². The second-order valence-electron chi connectivity index (χ2n) is 4.06. The first-order chi connectivity index (χ1) is 6.35. The molecule has 0 fully saturated rings. The third-order valence-electron chi connectivity index (χ3n) is 2.65. The van der Waals surface area contributed by atoms with Crippen molar-refractivity contribution in [2.75, 3.05) is 0 Å². The van der Waals surface area contributed by atoms with E-state index in [4.69, 9.17) is 0 Å². The number of unbranched alkanes of at least 4 members (excludes halogenated alkanes) is 3. The van der Waals surface area contributed by atoms with Crippen molar-refractivity contribution >= 4 is 19.8 Å². The van der Waals surface area contributed by atoms with Crippen LogP contribution in [0.25, 0.3) is 0 Å². The fourth-order valence-electron chi connectivity index (χ4n) is 1.66. The summed E-state index contributed by atoms with van der Waals surface area (Å²) in [6, 6.07) is 0. The van der Waals surface area contributed by atoms with E-state index in [1.54, 1.807) is 13.3 Å². The maximum absolute atomic E-state index is 2.33. The molecule has 0 aliphatic rings. The molecule has 0 saturated carbocycles. The summed E-state index contributed by atoms with van der Waals surface area (Å²) < 4.78 is 5.04. The molecule has 0 aromatic heterocycles. The number of hydrogen-bond acceptors (Lipinski definition) is 0. The van der Waals surface area contributed by atoms with Gasteiger partial charge in [-0.3, -0.25) is 0 Å². The van der Waals surface area contributed by atoms with E-state index < -0.39 is 19.8 Å². The van der Waals surface area contributed by atoms with Crippen LogP contribution in [0.3, 0.4) is 0 Å². The molecule has 0 unspecified atom stereocenters. The predicted octanol–water partition coefficient (Wildman–Crippen LogP) is 5.52. The van der Waals surface area contributed by atoms with Gasteiger partial charge in [0.15, 0.2) is 0 Å². The zero-order valence-corrected chi connectivity index (χ0v) is 12.7. The molecule has 0 aromatic rings. The van der Waals surface area contributed by atoms with Gasteiger partial charge in [-0.2, -0.15) is 0 Å². The van der Waals surface area contributed by atoms with Gasteiger partial charge in [0.25, 0.3) is 0 Å². The first kappa shape index (κ1) is 17.2. The molecule has 0 N–H and O–H groups in total. The molecule has 0 rings (SSSR count). The number of rotatable bonds is 9. The van der Waals surface area contributed by atoms with Crippen LogP contribution in [0.2, 0.25) is 13.3 Å². The normalized spacial score (nSPS) is 9.64. The van der Waals surface area contributed by atoms with E-state index >= 15 is 0 Å². The van der Waals surface area contributed by atoms with Crippen molar-refractivity contribution in [1.29, 1.82) is 0 Å². The summed E-state index contributed by atoms with van der Waals surface area (Å²) in [4.78, 5) is 0. The second-order valence-corrected chi connectivity index (χ2v) is 12.6. The first-order valence-electron chi connectivity index (χ1n) is 6.18. The molecule has 0 aliphatic carbocycles. The predicted molar refractivity (Wildman–Crippen MR) is 71.6 cm³/mol. The van der Waals surface area contributed by atoms with Gasteiger partial charge in [-0.1, -0.05) is 7.43 Å². The van der Waals surface area contributed by atoms with E-state index in [-0.39, 0.29) is 7.43 Å². The van der Waals surface area contributed by atoms with Crippen molar-refractivity contribution in [3.05, 3.63) is 0 Å². The Morgan fingerprint density at radius 1 is 0.643 bits per heavy atom. The van der Waals surface area contributed by atoms with Crippen LogP contribution in [0.4, 0.5) is 0 Å². The molecule has 0 nitrogen and oxygen atoms in total. The molecule has 0 aliphatic heterocycles. The van der Waals surface area contributed by atoms with Crippen molar-refractivity contribution < 1.29 is 0 Å². The molecule has 0 aromatic carbocycles. The van der Waals surface area contributed by atoms with Crippen LogP contribution in [0, 0.1) is 0 Å². The topological polar surface area (TPSA) is 0 Å². The average Bonchev–Trinajstić information content (AvgIpc) is 2.17. The zero-order valence-electron chi connectivity index (χ0n) is 9.86. The van der Waals surface area contributed by atoms with Gasteiger partial charge in [0, 0.05) is 0 Å². The van der Waals surface area contributed by atoms with Gasteiger partial charge in [0.05, 0.1) is 0 Å². The summed E-state index contributed by atoms with van der Waals surface area (Å²) in [6.07, 6.45) is 8.85. The molecule has 0 radical (unpaired) electrons. The Kier molecular flexibility index (Phi) is 17.0. The Morgan fingerprint density at radius 3 is 1.14 bits per heavy atom. The van der Waals surface area contributed by atoms with Gasteiger partial charge in [0.2, 0.25) is 0 Å². The molecular weight excluding hydrogens is 275 g/mol. The standard InChI is InChI=1S/3C4H9.CH4.Sn/c3*1-3-4-2;;/h3*1,3-4H2,2H3;1H4;/q;;;;+1. The molecule has 14 heavy (non-hydrogen) atoms. The molecule has 0 spiro atoms. The van der Waals surface area contributed by atoms with E-state index in [9.17, 15) is 0 Å². The van der Waals surface area contributed by atoms with Crippen LogP contribution < -0.4 is 0 Å². The molecule has 1 heteroatoms. The molecular formula is C13H31Sn+. The summed E-state index contributed by atoms with van der Waals surface area (Å²) in [6.45, 7) is 7.00. The summed E-state index contributed by atoms with van der Waals surface area (Å²) in [7, 11) is 0. The Hall–Kier alpha value is 0.799. The van der Waals surface area contributed by atoms with Crippen molar-refractivity contribution in [3.63, 3.8) is 0 Å². The molecule has 0 atom stereocenters. The van der Waals surface area contributed by atoms with Crippen LogP contribution in [0.1, 0.15) is 66.7 Å². The van der Waals surface area contributed by atoms with Crippen molar-refractivity contribution in [2.24, 2.45) is 0 Å². The number of hydrogen-bond donors (Lipinski definition) is 0. The van der Waals surface area contributed by atoms with E-state index in [0.29, 0.717) is 0 Å². The van der Waals surface area contributed by atoms with E-state index in [0.717, 1.165) is 0 Å². The third-order valence-corrected chi connectivity index (χ3v) is 11.7. The maximum atomic E-state index is 2.33. The van der Waals surface area contributed by atoms with Gasteiger partial charge in [-0.15, -0.1) is 0 Å². The zero-order chi connectivity index (χ0) is 9.94. The van der Waals surface area contributed by atoms with Gasteiger partial charge in [-0.05, 0) is 0 Å². The van der Waals surface area contributed by atoms with Crippen molar-refractivity contribution in [3.8, 4) is 0 Å². The van der Waals surface area contributed by atoms with Crippen LogP contribution in [-0.2, 0) is 0 Å². The van der Waals surface area contributed by atoms with Gasteiger partial charge in [0.1, 0.15) is 0 Å². The Balaban J connectivity index is 0. The van der Waals surface area contributed by atoms with Crippen LogP contribution in [0.5, 0.6) is 0 Å². The van der Waals surface area contributed by atoms with Crippen molar-refractivity contribution in [1.82, 2.24) is 0 Å². The molecule has 0 amide bonds. The van der Waals surface area contributed by atoms with E-state index in [1.807, 2.05) is 0 Å². The Bertz CT molecular complexity index is 72.2. The van der Waals surface area contributed by atoms with Crippen LogP contribution in [-0.4, -0.2) is 19.8 Å². The van der Waals surface area contributed by atoms with Crippen molar-refractivity contribution in [2.45, 2.75) is 80.0 Å². The second kappa shape index (κ2) is 13.8. The summed E-state index contributed by atoms with van der Waals surface area (Å²) >= 11 is -0.839. The molecule has 86 valence electrons. The fraction of sp³-hybridized carbons (Fsp3) is 1.00. The monoisotopic (exact) mass is 307 g/mol. The minimum atomic E-state index is -0.839. The Morgan fingerprint density at radius 2 is 0.929 bits per heavy atom. The average molecular weight is 306 g/mol. The summed E-state index contributed by atoms with van der Waals surface area (Å²) in [5, 5.41) is 0. The molecule has 0 saturated heterocycles. The third kappa shape index (κ3) is 10.9. The van der Waals surface area contributed by atoms with Gasteiger partial charge >= 0.3 is 92.4 Å². The Labute approximate surface area is 99.6 Å². The van der Waals surface area contributed by atoms with E-state index in [2.05, 4.69) is 20.8 Å². The fourth-order valence-corrected chi connectivity index (χ4v) is 11.1. The SMILES string of the molecule is C.CCC[CH2][Sn+]([CH2]CCC)[CH2]CCC.